The number of hydrogen-bond donors (Lipinski definition) is 1. The van der Waals surface area contributed by atoms with Crippen molar-refractivity contribution in [3.63, 3.8) is 0 Å². The van der Waals surface area contributed by atoms with Crippen LogP contribution in [0.5, 0.6) is 0 Å². The zero-order valence-electron chi connectivity index (χ0n) is 8.97. The van der Waals surface area contributed by atoms with E-state index in [0.717, 1.165) is 43.9 Å². The summed E-state index contributed by atoms with van der Waals surface area (Å²) >= 11 is 0. The molecule has 84 valence electrons. The Morgan fingerprint density at radius 1 is 1.44 bits per heavy atom. The summed E-state index contributed by atoms with van der Waals surface area (Å²) in [5.41, 5.74) is 1.67. The summed E-state index contributed by atoms with van der Waals surface area (Å²) in [6.45, 7) is 3.65. The van der Waals surface area contributed by atoms with Gasteiger partial charge >= 0.3 is 0 Å². The zero-order valence-corrected chi connectivity index (χ0v) is 8.97. The molecule has 0 spiro atoms. The van der Waals surface area contributed by atoms with Crippen LogP contribution in [0.1, 0.15) is 5.69 Å². The van der Waals surface area contributed by atoms with Gasteiger partial charge in [-0.05, 0) is 6.07 Å². The van der Waals surface area contributed by atoms with Gasteiger partial charge in [-0.25, -0.2) is 9.97 Å². The van der Waals surface area contributed by atoms with Crippen LogP contribution in [-0.4, -0.2) is 47.3 Å². The summed E-state index contributed by atoms with van der Waals surface area (Å²) in [5.74, 6) is 0. The molecule has 1 aliphatic heterocycles. The van der Waals surface area contributed by atoms with Gasteiger partial charge in [-0.2, -0.15) is 0 Å². The third kappa shape index (κ3) is 2.43. The van der Waals surface area contributed by atoms with E-state index in [2.05, 4.69) is 20.2 Å². The Bertz CT molecular complexity index is 371. The van der Waals surface area contributed by atoms with Gasteiger partial charge < -0.3 is 10.2 Å². The Labute approximate surface area is 94.2 Å². The molecule has 1 N–H and O–H groups in total. The molecule has 5 heteroatoms. The third-order valence-corrected chi connectivity index (χ3v) is 2.53. The van der Waals surface area contributed by atoms with Gasteiger partial charge in [0.15, 0.2) is 0 Å². The number of allylic oxidation sites excluding steroid dienone is 1. The molecule has 0 radical (unpaired) electrons. The van der Waals surface area contributed by atoms with E-state index in [-0.39, 0.29) is 0 Å². The number of hydrogen-bond acceptors (Lipinski definition) is 5. The van der Waals surface area contributed by atoms with Gasteiger partial charge in [-0.1, -0.05) is 0 Å². The van der Waals surface area contributed by atoms with Crippen LogP contribution in [0.25, 0.3) is 5.70 Å². The van der Waals surface area contributed by atoms with Crippen LogP contribution in [0.2, 0.25) is 0 Å². The summed E-state index contributed by atoms with van der Waals surface area (Å²) in [5, 5.41) is 3.27. The summed E-state index contributed by atoms with van der Waals surface area (Å²) in [6.07, 6.45) is 5.55. The van der Waals surface area contributed by atoms with Crippen LogP contribution >= 0.6 is 0 Å². The average Bonchev–Trinajstić information content (AvgIpc) is 2.38. The molecular weight excluding hydrogens is 204 g/mol. The number of nitrogens with one attached hydrogen (secondary N) is 1. The van der Waals surface area contributed by atoms with E-state index >= 15 is 0 Å². The van der Waals surface area contributed by atoms with E-state index < -0.39 is 0 Å². The second-order valence-corrected chi connectivity index (χ2v) is 3.52. The maximum Gasteiger partial charge on any atom is 0.144 e. The lowest BCUT2D eigenvalue weighted by Gasteiger charge is -2.30. The van der Waals surface area contributed by atoms with Gasteiger partial charge in [0.1, 0.15) is 12.6 Å². The average molecular weight is 218 g/mol. The highest BCUT2D eigenvalue weighted by molar-refractivity contribution is 5.79. The van der Waals surface area contributed by atoms with Crippen LogP contribution in [0.15, 0.2) is 24.7 Å². The number of aldehydes is 1. The van der Waals surface area contributed by atoms with Crippen molar-refractivity contribution in [2.24, 2.45) is 0 Å². The van der Waals surface area contributed by atoms with E-state index in [0.29, 0.717) is 0 Å². The molecule has 5 nitrogen and oxygen atoms in total. The highest BCUT2D eigenvalue weighted by atomic mass is 16.1. The highest BCUT2D eigenvalue weighted by Crippen LogP contribution is 2.16. The smallest absolute Gasteiger partial charge is 0.144 e. The van der Waals surface area contributed by atoms with Crippen molar-refractivity contribution in [1.82, 2.24) is 20.2 Å². The van der Waals surface area contributed by atoms with E-state index in [4.69, 9.17) is 0 Å². The van der Waals surface area contributed by atoms with Crippen molar-refractivity contribution in [3.05, 3.63) is 30.4 Å². The molecule has 0 aliphatic carbocycles. The van der Waals surface area contributed by atoms with E-state index in [1.807, 2.05) is 6.07 Å². The summed E-state index contributed by atoms with van der Waals surface area (Å²) in [4.78, 5) is 20.9. The molecule has 1 aromatic rings. The first kappa shape index (κ1) is 10.8. The van der Waals surface area contributed by atoms with Gasteiger partial charge in [0.25, 0.3) is 0 Å². The van der Waals surface area contributed by atoms with Crippen LogP contribution in [0.3, 0.4) is 0 Å². The summed E-state index contributed by atoms with van der Waals surface area (Å²) in [7, 11) is 0. The number of carbonyl (C=O) groups excluding carboxylic acids is 1. The number of nitrogens with zero attached hydrogens (tertiary/aromatic N) is 3. The number of piperazine rings is 1. The fourth-order valence-electron chi connectivity index (χ4n) is 1.77. The Morgan fingerprint density at radius 3 is 2.88 bits per heavy atom. The quantitative estimate of drug-likeness (QED) is 0.568. The van der Waals surface area contributed by atoms with Crippen LogP contribution < -0.4 is 5.32 Å². The van der Waals surface area contributed by atoms with Gasteiger partial charge in [-0.3, -0.25) is 4.79 Å². The molecule has 0 saturated carbocycles. The minimum Gasteiger partial charge on any atom is -0.367 e. The molecule has 0 aromatic carbocycles. The molecule has 1 aliphatic rings. The van der Waals surface area contributed by atoms with Crippen molar-refractivity contribution in [3.8, 4) is 0 Å². The Balaban J connectivity index is 2.23. The van der Waals surface area contributed by atoms with Gasteiger partial charge in [0.2, 0.25) is 0 Å². The van der Waals surface area contributed by atoms with E-state index in [1.54, 1.807) is 12.3 Å². The van der Waals surface area contributed by atoms with Crippen LogP contribution in [0, 0.1) is 0 Å². The monoisotopic (exact) mass is 218 g/mol. The lowest BCUT2D eigenvalue weighted by Crippen LogP contribution is -2.42. The topological polar surface area (TPSA) is 58.1 Å². The first-order chi connectivity index (χ1) is 7.92. The Kier molecular flexibility index (Phi) is 3.61. The molecule has 0 atom stereocenters. The lowest BCUT2D eigenvalue weighted by molar-refractivity contribution is -0.104. The SMILES string of the molecule is O=CC=C(c1ccncn1)N1CCNCC1. The molecule has 0 bridgehead atoms. The maximum atomic E-state index is 10.7. The minimum absolute atomic E-state index is 0.795. The second-order valence-electron chi connectivity index (χ2n) is 3.52. The maximum absolute atomic E-state index is 10.7. The minimum atomic E-state index is 0.795. The van der Waals surface area contributed by atoms with Gasteiger partial charge in [0, 0.05) is 38.5 Å². The number of carbonyl (C=O) groups is 1. The first-order valence-electron chi connectivity index (χ1n) is 5.29. The predicted molar refractivity (Wildman–Crippen MR) is 60.5 cm³/mol. The lowest BCUT2D eigenvalue weighted by atomic mass is 10.2. The van der Waals surface area contributed by atoms with Gasteiger partial charge in [0.05, 0.1) is 11.4 Å². The predicted octanol–water partition coefficient (Wildman–Crippen LogP) is -0.0784. The van der Waals surface area contributed by atoms with Crippen molar-refractivity contribution in [1.29, 1.82) is 0 Å². The molecule has 2 rings (SSSR count). The van der Waals surface area contributed by atoms with E-state index in [9.17, 15) is 4.79 Å². The summed E-state index contributed by atoms with van der Waals surface area (Å²) in [6, 6.07) is 1.82. The van der Waals surface area contributed by atoms with Crippen molar-refractivity contribution in [2.45, 2.75) is 0 Å². The molecule has 1 fully saturated rings. The number of rotatable bonds is 3. The van der Waals surface area contributed by atoms with Crippen molar-refractivity contribution >= 4 is 12.0 Å². The molecule has 2 heterocycles. The Morgan fingerprint density at radius 2 is 2.25 bits per heavy atom. The molecular formula is C11H14N4O. The third-order valence-electron chi connectivity index (χ3n) is 2.53. The number of aromatic nitrogens is 2. The fourth-order valence-corrected chi connectivity index (χ4v) is 1.77. The molecule has 16 heavy (non-hydrogen) atoms. The Hall–Kier alpha value is -1.75. The van der Waals surface area contributed by atoms with Crippen LogP contribution in [-0.2, 0) is 4.79 Å². The second kappa shape index (κ2) is 5.37. The molecule has 0 amide bonds. The van der Waals surface area contributed by atoms with Crippen LogP contribution in [0.4, 0.5) is 0 Å². The van der Waals surface area contributed by atoms with Gasteiger partial charge in [-0.15, -0.1) is 0 Å². The largest absolute Gasteiger partial charge is 0.367 e. The molecule has 1 aromatic heterocycles. The molecule has 1 saturated heterocycles. The van der Waals surface area contributed by atoms with E-state index in [1.165, 1.54) is 6.33 Å². The summed E-state index contributed by atoms with van der Waals surface area (Å²) < 4.78 is 0. The zero-order chi connectivity index (χ0) is 11.2. The first-order valence-corrected chi connectivity index (χ1v) is 5.29. The molecule has 0 unspecified atom stereocenters. The highest BCUT2D eigenvalue weighted by Gasteiger charge is 2.14. The standard InChI is InChI=1S/C11H14N4O/c16-8-2-11(10-1-3-13-9-14-10)15-6-4-12-5-7-15/h1-3,8-9,12H,4-7H2. The van der Waals surface area contributed by atoms with Crippen molar-refractivity contribution < 1.29 is 4.79 Å². The fraction of sp³-hybridized carbons (Fsp3) is 0.364. The normalized spacial score (nSPS) is 17.2. The van der Waals surface area contributed by atoms with Crippen molar-refractivity contribution in [2.75, 3.05) is 26.2 Å².